The quantitative estimate of drug-likeness (QED) is 0.0282. The number of anilines is 6. The van der Waals surface area contributed by atoms with Gasteiger partial charge in [0, 0.05) is 119 Å². The molecular weight excluding hydrogens is 1910 g/mol. The van der Waals surface area contributed by atoms with Crippen LogP contribution in [0, 0.1) is 101 Å². The number of nitrogens with zero attached hydrogens (tertiary/aromatic N) is 18. The molecule has 6 N–H and O–H groups in total. The largest absolute Gasteiger partial charge is 0.397 e. The monoisotopic (exact) mass is 1980 g/mol. The van der Waals surface area contributed by atoms with Gasteiger partial charge >= 0.3 is 0 Å². The number of aromatic nitrogens is 9. The Kier molecular flexibility index (Phi) is 29.1. The zero-order valence-electron chi connectivity index (χ0n) is 73.2. The number of nitriles is 3. The molecule has 3 saturated heterocycles. The summed E-state index contributed by atoms with van der Waals surface area (Å²) in [5.41, 5.74) is 14.0. The summed E-state index contributed by atoms with van der Waals surface area (Å²) in [7, 11) is 0. The highest BCUT2D eigenvalue weighted by molar-refractivity contribution is 6.43. The van der Waals surface area contributed by atoms with Crippen LogP contribution >= 0.6 is 81.2 Å². The smallest absolute Gasteiger partial charge is 0.276 e. The van der Waals surface area contributed by atoms with Gasteiger partial charge in [0.2, 0.25) is 17.7 Å². The summed E-state index contributed by atoms with van der Waals surface area (Å²) in [5, 5.41) is 28.6. The van der Waals surface area contributed by atoms with Crippen LogP contribution in [0.15, 0.2) is 107 Å². The summed E-state index contributed by atoms with van der Waals surface area (Å²) in [5.74, 6) is -14.1. The molecule has 0 saturated carbocycles. The third kappa shape index (κ3) is 17.6. The minimum atomic E-state index is -2.03. The van der Waals surface area contributed by atoms with E-state index >= 15 is 13.2 Å². The molecule has 3 aliphatic rings. The lowest BCUT2D eigenvalue weighted by molar-refractivity contribution is -0.127. The number of hydrogen-bond donors (Lipinski definition) is 3. The van der Waals surface area contributed by atoms with Gasteiger partial charge in [-0.2, -0.15) is 15.8 Å². The average Bonchev–Trinajstić information content (AvgIpc) is 0.728. The van der Waals surface area contributed by atoms with Gasteiger partial charge in [0.25, 0.3) is 16.7 Å². The molecule has 27 nitrogen and oxygen atoms in total. The second-order valence-corrected chi connectivity index (χ2v) is 35.0. The number of fused-ring (bicyclic) bond motifs is 3. The van der Waals surface area contributed by atoms with Crippen LogP contribution in [0.2, 0.25) is 35.2 Å². The van der Waals surface area contributed by atoms with Crippen LogP contribution in [-0.2, 0) is 14.4 Å². The Morgan fingerprint density at radius 1 is 0.378 bits per heavy atom. The van der Waals surface area contributed by atoms with E-state index in [9.17, 15) is 66.5 Å². The molecule has 0 aliphatic carbocycles. The van der Waals surface area contributed by atoms with Crippen LogP contribution in [0.3, 0.4) is 0 Å². The highest BCUT2D eigenvalue weighted by atomic mass is 35.5. The van der Waals surface area contributed by atoms with Gasteiger partial charge in [-0.3, -0.25) is 57.4 Å². The molecule has 696 valence electrons. The summed E-state index contributed by atoms with van der Waals surface area (Å²) < 4.78 is 122. The molecule has 3 amide bonds. The minimum absolute atomic E-state index is 0.00590. The number of aryl methyl sites for hydroxylation is 3. The Bertz CT molecular complexity index is 6650. The van der Waals surface area contributed by atoms with E-state index in [0.29, 0.717) is 82.1 Å². The number of nitrogen functional groups attached to an aromatic ring is 3. The number of carbonyl (C=O) groups is 3. The van der Waals surface area contributed by atoms with Gasteiger partial charge in [-0.05, 0) is 110 Å². The molecule has 12 aromatic rings. The van der Waals surface area contributed by atoms with Crippen LogP contribution in [0.1, 0.15) is 110 Å². The van der Waals surface area contributed by atoms with Crippen molar-refractivity contribution < 1.29 is 49.5 Å². The fourth-order valence-electron chi connectivity index (χ4n) is 16.5. The van der Waals surface area contributed by atoms with Gasteiger partial charge in [-0.25, -0.2) is 50.1 Å². The van der Waals surface area contributed by atoms with Gasteiger partial charge in [0.1, 0.15) is 67.6 Å². The van der Waals surface area contributed by atoms with Gasteiger partial charge in [0.05, 0.1) is 116 Å². The van der Waals surface area contributed by atoms with Crippen molar-refractivity contribution >= 4 is 166 Å². The van der Waals surface area contributed by atoms with Crippen LogP contribution in [-0.4, -0.2) is 155 Å². The van der Waals surface area contributed by atoms with Gasteiger partial charge < -0.3 is 46.6 Å². The van der Waals surface area contributed by atoms with Crippen molar-refractivity contribution in [2.24, 2.45) is 0 Å². The van der Waals surface area contributed by atoms with Crippen molar-refractivity contribution in [1.29, 1.82) is 15.8 Å². The maximum Gasteiger partial charge on any atom is 0.276 e. The number of piperazine rings is 3. The van der Waals surface area contributed by atoms with Crippen LogP contribution in [0.4, 0.5) is 69.2 Å². The fourth-order valence-corrected chi connectivity index (χ4v) is 18.3. The van der Waals surface area contributed by atoms with Crippen molar-refractivity contribution in [3.8, 4) is 69.0 Å². The Balaban J connectivity index is 0.000000171. The summed E-state index contributed by atoms with van der Waals surface area (Å²) >= 11 is 44.7. The molecule has 0 bridgehead atoms. The molecule has 12 heterocycles. The van der Waals surface area contributed by atoms with Crippen molar-refractivity contribution in [1.82, 2.24) is 58.3 Å². The Morgan fingerprint density at radius 3 is 0.985 bits per heavy atom. The van der Waals surface area contributed by atoms with Gasteiger partial charge in [-0.1, -0.05) is 142 Å². The zero-order valence-corrected chi connectivity index (χ0v) is 78.5. The normalized spacial score (nSPS) is 13.4. The number of rotatable bonds is 15. The highest BCUT2D eigenvalue weighted by Gasteiger charge is 2.38. The molecule has 135 heavy (non-hydrogen) atoms. The minimum Gasteiger partial charge on any atom is -0.397 e. The third-order valence-electron chi connectivity index (χ3n) is 23.2. The topological polar surface area (TPSA) is 363 Å². The molecule has 42 heteroatoms. The molecule has 3 aromatic carbocycles. The first-order valence-corrected chi connectivity index (χ1v) is 43.9. The van der Waals surface area contributed by atoms with E-state index in [-0.39, 0.29) is 177 Å². The van der Waals surface area contributed by atoms with Crippen molar-refractivity contribution in [2.75, 3.05) is 110 Å². The van der Waals surface area contributed by atoms with E-state index in [1.807, 2.05) is 52.5 Å². The lowest BCUT2D eigenvalue weighted by Gasteiger charge is -2.36. The number of amides is 3. The highest BCUT2D eigenvalue weighted by Crippen LogP contribution is 2.49. The number of halogens is 15. The predicted molar refractivity (Wildman–Crippen MR) is 507 cm³/mol. The molecular formula is C93H78Cl7F8N21O6. The summed E-state index contributed by atoms with van der Waals surface area (Å²) in [4.78, 5) is 117. The van der Waals surface area contributed by atoms with Crippen LogP contribution < -0.4 is 48.6 Å². The molecule has 0 radical (unpaired) electrons. The van der Waals surface area contributed by atoms with Crippen LogP contribution in [0.5, 0.6) is 0 Å². The second-order valence-electron chi connectivity index (χ2n) is 32.2. The third-order valence-corrected chi connectivity index (χ3v) is 25.5. The van der Waals surface area contributed by atoms with E-state index in [4.69, 9.17) is 103 Å². The summed E-state index contributed by atoms with van der Waals surface area (Å²) in [6, 6.07) is 15.4. The first-order valence-electron chi connectivity index (χ1n) is 41.3. The molecule has 0 unspecified atom stereocenters. The van der Waals surface area contributed by atoms with Crippen molar-refractivity contribution in [3.63, 3.8) is 0 Å². The number of benzene rings is 3. The average molecular weight is 1990 g/mol. The fraction of sp³-hybridized carbons (Fsp3) is 0.258. The first kappa shape index (κ1) is 99.0. The molecule has 0 spiro atoms. The predicted octanol–water partition coefficient (Wildman–Crippen LogP) is 18.2. The molecule has 3 fully saturated rings. The Morgan fingerprint density at radius 2 is 0.681 bits per heavy atom. The van der Waals surface area contributed by atoms with E-state index in [0.717, 1.165) is 4.57 Å². The molecule has 0 atom stereocenters. The lowest BCUT2D eigenvalue weighted by atomic mass is 10.0. The van der Waals surface area contributed by atoms with E-state index < -0.39 is 122 Å². The molecule has 9 aromatic heterocycles. The number of carbonyl (C=O) groups excluding carboxylic acids is 3. The number of hydrogen-bond acceptors (Lipinski definition) is 21. The van der Waals surface area contributed by atoms with E-state index in [1.54, 1.807) is 82.1 Å². The summed E-state index contributed by atoms with van der Waals surface area (Å²) in [6.07, 6.45) is 8.41. The first-order chi connectivity index (χ1) is 64.0. The Labute approximate surface area is 800 Å². The number of nitrogens with two attached hydrogens (primary N) is 3. The van der Waals surface area contributed by atoms with Crippen LogP contribution in [0.25, 0.3) is 83.9 Å². The molecule has 3 aliphatic heterocycles. The molecule has 15 rings (SSSR count). The lowest BCUT2D eigenvalue weighted by Crippen LogP contribution is -2.49. The zero-order chi connectivity index (χ0) is 98.7. The van der Waals surface area contributed by atoms with E-state index in [1.165, 1.54) is 45.6 Å². The van der Waals surface area contributed by atoms with Crippen molar-refractivity contribution in [2.45, 2.75) is 80.1 Å². The van der Waals surface area contributed by atoms with Gasteiger partial charge in [0.15, 0.2) is 46.5 Å². The Hall–Kier alpha value is -13.4. The maximum absolute atomic E-state index is 15.5. The maximum atomic E-state index is 15.5. The SMILES string of the molecule is C=CC(=O)N1CCN(c2c(C#N)c(=O)n(-c3c(C)ccnc3C(C)C)c3nc(-c4c(Cl)c(N)c(F)c(F)c4Cl)c(Cl)cc23)CC1.C=CC(=O)N1CCN(c2c(C#N)c(=O)n(-c3c(C)ccnc3C(C)C)c3nc(-c4c(F)c(N)c(F)c(F)c4F)c(Cl)cc23)CC1.C=CC(=O)N1CCN(c2c(C#N)c(=O)n(-c3c(C)ccnc3C(C)C)c3nc(-c4c(N)c(Cl)c(F)c(Cl)c4F)c(Cl)cc23)CC1. The van der Waals surface area contributed by atoms with E-state index in [2.05, 4.69) is 56.8 Å². The van der Waals surface area contributed by atoms with Gasteiger partial charge in [-0.15, -0.1) is 0 Å². The van der Waals surface area contributed by atoms with Crippen molar-refractivity contribution in [3.05, 3.63) is 256 Å². The second kappa shape index (κ2) is 39.6. The number of pyridine rings is 9. The standard InChI is InChI=1S/2C31H26Cl3F2N7O2.C31H26ClF4N7O2/c1-5-19(44)41-8-10-42(11-9-41)29-16-12-18(32)27(20-23(35)21(33)24(36)22(34)25(20)38)40-30(16)43(31(45)17(29)13-37)28-15(4)6-7-39-26(28)14(2)3;2*1-5-19(44)41-8-10-42(11-9-41)29-16-12-18(32)27(20-21(33)23(35)24(36)25(38)22(20)34)40-30(16)43(31(45)17(29)13-37)28-15(4)6-7-39-26(28)14(2)3/h3*5-7,12,14H,1,8-11,38H2,2-4H3. The summed E-state index contributed by atoms with van der Waals surface area (Å²) in [6.45, 7) is 30.4.